The van der Waals surface area contributed by atoms with Crippen molar-refractivity contribution in [3.05, 3.63) is 76.0 Å². The summed E-state index contributed by atoms with van der Waals surface area (Å²) < 4.78 is 8.18. The van der Waals surface area contributed by atoms with Gasteiger partial charge < -0.3 is 10.1 Å². The largest absolute Gasteiger partial charge is 0.492 e. The van der Waals surface area contributed by atoms with Gasteiger partial charge in [-0.25, -0.2) is 4.98 Å². The Morgan fingerprint density at radius 2 is 2.09 bits per heavy atom. The Hall–Kier alpha value is -4.05. The molecule has 4 rings (SSSR count). The molecule has 2 heterocycles. The highest BCUT2D eigenvalue weighted by Crippen LogP contribution is 2.32. The lowest BCUT2D eigenvalue weighted by Gasteiger charge is -2.04. The van der Waals surface area contributed by atoms with Gasteiger partial charge in [-0.3, -0.25) is 14.9 Å². The van der Waals surface area contributed by atoms with E-state index in [0.29, 0.717) is 34.6 Å². The summed E-state index contributed by atoms with van der Waals surface area (Å²) in [6, 6.07) is 13.5. The van der Waals surface area contributed by atoms with Crippen LogP contribution in [-0.4, -0.2) is 32.2 Å². The molecule has 0 radical (unpaired) electrons. The van der Waals surface area contributed by atoms with E-state index in [1.807, 2.05) is 32.0 Å². The number of carbonyl (C=O) groups excluding carboxylic acids is 1. The first-order valence-electron chi connectivity index (χ1n) is 9.77. The zero-order chi connectivity index (χ0) is 22.7. The molecule has 0 saturated carbocycles. The fourth-order valence-electron chi connectivity index (χ4n) is 3.09. The number of benzene rings is 2. The van der Waals surface area contributed by atoms with E-state index in [1.54, 1.807) is 22.9 Å². The number of aryl methyl sites for hydroxylation is 1. The smallest absolute Gasteiger partial charge is 0.270 e. The van der Waals surface area contributed by atoms with E-state index >= 15 is 0 Å². The highest BCUT2D eigenvalue weighted by molar-refractivity contribution is 7.20. The number of nitrogens with zero attached hydrogens (tertiary/aromatic N) is 4. The number of hydrogen-bond acceptors (Lipinski definition) is 7. The van der Waals surface area contributed by atoms with Crippen LogP contribution < -0.4 is 10.1 Å². The molecular formula is C22H19N5O4S. The molecule has 0 aliphatic heterocycles. The van der Waals surface area contributed by atoms with Crippen LogP contribution in [0.15, 0.2) is 54.6 Å². The molecule has 9 nitrogen and oxygen atoms in total. The lowest BCUT2D eigenvalue weighted by molar-refractivity contribution is -0.384. The zero-order valence-corrected chi connectivity index (χ0v) is 18.1. The molecule has 0 unspecified atom stereocenters. The second-order valence-corrected chi connectivity index (χ2v) is 7.80. The summed E-state index contributed by atoms with van der Waals surface area (Å²) in [4.78, 5) is 27.6. The van der Waals surface area contributed by atoms with Crippen LogP contribution in [0, 0.1) is 17.0 Å². The minimum absolute atomic E-state index is 0.0384. The maximum absolute atomic E-state index is 12.5. The first-order chi connectivity index (χ1) is 15.4. The number of anilines is 1. The molecular weight excluding hydrogens is 430 g/mol. The summed E-state index contributed by atoms with van der Waals surface area (Å²) >= 11 is 1.44. The average molecular weight is 449 g/mol. The van der Waals surface area contributed by atoms with Crippen LogP contribution in [-0.2, 0) is 4.79 Å². The van der Waals surface area contributed by atoms with Crippen LogP contribution in [0.1, 0.15) is 18.2 Å². The number of amides is 1. The molecule has 1 N–H and O–H groups in total. The molecule has 0 saturated heterocycles. The Morgan fingerprint density at radius 3 is 2.88 bits per heavy atom. The number of hydrogen-bond donors (Lipinski definition) is 1. The van der Waals surface area contributed by atoms with Gasteiger partial charge in [-0.1, -0.05) is 29.5 Å². The maximum Gasteiger partial charge on any atom is 0.270 e. The van der Waals surface area contributed by atoms with Crippen molar-refractivity contribution in [2.45, 2.75) is 13.8 Å². The summed E-state index contributed by atoms with van der Waals surface area (Å²) in [6.07, 6.45) is 2.83. The third kappa shape index (κ3) is 4.49. The van der Waals surface area contributed by atoms with Gasteiger partial charge in [-0.15, -0.1) is 0 Å². The predicted molar refractivity (Wildman–Crippen MR) is 123 cm³/mol. The fourth-order valence-corrected chi connectivity index (χ4v) is 4.04. The van der Waals surface area contributed by atoms with E-state index < -0.39 is 10.8 Å². The minimum atomic E-state index is -0.478. The number of carbonyl (C=O) groups is 1. The highest BCUT2D eigenvalue weighted by Gasteiger charge is 2.15. The van der Waals surface area contributed by atoms with Gasteiger partial charge in [0, 0.05) is 24.3 Å². The van der Waals surface area contributed by atoms with Gasteiger partial charge in [0.1, 0.15) is 17.1 Å². The molecule has 1 amide bonds. The van der Waals surface area contributed by atoms with Gasteiger partial charge in [-0.05, 0) is 37.6 Å². The van der Waals surface area contributed by atoms with E-state index in [0.717, 1.165) is 10.2 Å². The van der Waals surface area contributed by atoms with Crippen molar-refractivity contribution in [3.8, 4) is 10.9 Å². The van der Waals surface area contributed by atoms with E-state index in [-0.39, 0.29) is 5.69 Å². The molecule has 0 aliphatic rings. The van der Waals surface area contributed by atoms with Gasteiger partial charge in [0.05, 0.1) is 21.9 Å². The minimum Gasteiger partial charge on any atom is -0.492 e. The number of para-hydroxylation sites is 1. The number of thiazole rings is 1. The van der Waals surface area contributed by atoms with Crippen molar-refractivity contribution < 1.29 is 14.5 Å². The third-order valence-corrected chi connectivity index (χ3v) is 5.44. The predicted octanol–water partition coefficient (Wildman–Crippen LogP) is 4.75. The van der Waals surface area contributed by atoms with Crippen molar-refractivity contribution in [1.29, 1.82) is 0 Å². The van der Waals surface area contributed by atoms with Crippen molar-refractivity contribution in [3.63, 3.8) is 0 Å². The number of nitro benzene ring substituents is 1. The Bertz CT molecular complexity index is 1340. The van der Waals surface area contributed by atoms with Crippen molar-refractivity contribution >= 4 is 45.0 Å². The van der Waals surface area contributed by atoms with Gasteiger partial charge in [0.15, 0.2) is 0 Å². The number of fused-ring (bicyclic) bond motifs is 1. The summed E-state index contributed by atoms with van der Waals surface area (Å²) in [5.74, 6) is 0.767. The van der Waals surface area contributed by atoms with Gasteiger partial charge in [0.2, 0.25) is 11.0 Å². The Kier molecular flexibility index (Phi) is 5.95. The second-order valence-electron chi connectivity index (χ2n) is 6.79. The van der Waals surface area contributed by atoms with Crippen LogP contribution in [0.25, 0.3) is 21.4 Å². The van der Waals surface area contributed by atoms with Crippen molar-refractivity contribution in [2.24, 2.45) is 0 Å². The van der Waals surface area contributed by atoms with Crippen LogP contribution in [0.5, 0.6) is 5.75 Å². The summed E-state index contributed by atoms with van der Waals surface area (Å²) in [5, 5.41) is 18.8. The number of rotatable bonds is 7. The molecule has 0 bridgehead atoms. The van der Waals surface area contributed by atoms with Gasteiger partial charge in [0.25, 0.3) is 5.69 Å². The van der Waals surface area contributed by atoms with Gasteiger partial charge in [-0.2, -0.15) is 9.78 Å². The average Bonchev–Trinajstić information content (AvgIpc) is 3.36. The number of nitro groups is 1. The summed E-state index contributed by atoms with van der Waals surface area (Å²) in [7, 11) is 0. The SMILES string of the molecule is CCOc1cccc2sc(-n3nc(C)cc3NC(=O)/C=C/c3cccc([N+](=O)[O-])c3)nc12. The summed E-state index contributed by atoms with van der Waals surface area (Å²) in [6.45, 7) is 4.27. The van der Waals surface area contributed by atoms with Crippen LogP contribution in [0.3, 0.4) is 0 Å². The second kappa shape index (κ2) is 8.98. The van der Waals surface area contributed by atoms with E-state index in [2.05, 4.69) is 15.4 Å². The first-order valence-corrected chi connectivity index (χ1v) is 10.6. The molecule has 4 aromatic rings. The normalized spacial score (nSPS) is 11.2. The van der Waals surface area contributed by atoms with Crippen molar-refractivity contribution in [2.75, 3.05) is 11.9 Å². The van der Waals surface area contributed by atoms with Crippen LogP contribution in [0.4, 0.5) is 11.5 Å². The van der Waals surface area contributed by atoms with E-state index in [4.69, 9.17) is 4.74 Å². The number of nitrogens with one attached hydrogen (secondary N) is 1. The molecule has 0 atom stereocenters. The lowest BCUT2D eigenvalue weighted by Crippen LogP contribution is -2.12. The Morgan fingerprint density at radius 1 is 1.28 bits per heavy atom. The van der Waals surface area contributed by atoms with Gasteiger partial charge >= 0.3 is 0 Å². The zero-order valence-electron chi connectivity index (χ0n) is 17.3. The van der Waals surface area contributed by atoms with Crippen LogP contribution in [0.2, 0.25) is 0 Å². The molecule has 0 aliphatic carbocycles. The lowest BCUT2D eigenvalue weighted by atomic mass is 10.2. The highest BCUT2D eigenvalue weighted by atomic mass is 32.1. The molecule has 0 spiro atoms. The molecule has 10 heteroatoms. The fraction of sp³-hybridized carbons (Fsp3) is 0.136. The molecule has 32 heavy (non-hydrogen) atoms. The monoisotopic (exact) mass is 449 g/mol. The summed E-state index contributed by atoms with van der Waals surface area (Å²) in [5.41, 5.74) is 1.97. The van der Waals surface area contributed by atoms with E-state index in [1.165, 1.54) is 35.6 Å². The maximum atomic E-state index is 12.5. The number of ether oxygens (including phenoxy) is 1. The topological polar surface area (TPSA) is 112 Å². The molecule has 2 aromatic carbocycles. The number of aromatic nitrogens is 3. The number of non-ortho nitro benzene ring substituents is 1. The molecule has 2 aromatic heterocycles. The Labute approximate surface area is 187 Å². The molecule has 162 valence electrons. The standard InChI is InChI=1S/C22H19N5O4S/c1-3-31-17-8-5-9-18-21(17)24-22(32-18)26-19(12-14(2)25-26)23-20(28)11-10-15-6-4-7-16(13-15)27(29)30/h4-13H,3H2,1-2H3,(H,23,28)/b11-10+. The first kappa shape index (κ1) is 21.2. The third-order valence-electron chi connectivity index (χ3n) is 4.44. The van der Waals surface area contributed by atoms with Crippen LogP contribution >= 0.6 is 11.3 Å². The van der Waals surface area contributed by atoms with Crippen molar-refractivity contribution in [1.82, 2.24) is 14.8 Å². The van der Waals surface area contributed by atoms with E-state index in [9.17, 15) is 14.9 Å². The Balaban J connectivity index is 1.58. The molecule has 0 fully saturated rings. The quantitative estimate of drug-likeness (QED) is 0.248.